The number of carbonyl (C=O) groups excluding carboxylic acids is 1. The second-order valence-electron chi connectivity index (χ2n) is 4.56. The fourth-order valence-electron chi connectivity index (χ4n) is 2.30. The lowest BCUT2D eigenvalue weighted by Gasteiger charge is -2.35. The number of hydrogen-bond acceptors (Lipinski definition) is 3. The monoisotopic (exact) mass is 290 g/mol. The van der Waals surface area contributed by atoms with Crippen molar-refractivity contribution in [2.24, 2.45) is 0 Å². The maximum absolute atomic E-state index is 13.8. The minimum absolute atomic E-state index is 0. The van der Waals surface area contributed by atoms with E-state index in [1.807, 2.05) is 4.90 Å². The van der Waals surface area contributed by atoms with E-state index in [0.29, 0.717) is 25.2 Å². The Morgan fingerprint density at radius 1 is 1.47 bits per heavy atom. The van der Waals surface area contributed by atoms with Crippen molar-refractivity contribution in [3.8, 4) is 0 Å². The number of nitrogens with one attached hydrogen (secondary N) is 1. The molecule has 0 aromatic heterocycles. The SMILES string of the molecule is CC(=O)CN1CCNCC1c1ccc(F)cc1F.Cl. The Labute approximate surface area is 117 Å². The van der Waals surface area contributed by atoms with Crippen LogP contribution in [0.15, 0.2) is 18.2 Å². The van der Waals surface area contributed by atoms with Gasteiger partial charge in [0.15, 0.2) is 0 Å². The zero-order chi connectivity index (χ0) is 13.1. The molecule has 19 heavy (non-hydrogen) atoms. The van der Waals surface area contributed by atoms with E-state index in [1.165, 1.54) is 19.1 Å². The summed E-state index contributed by atoms with van der Waals surface area (Å²) in [4.78, 5) is 13.1. The molecule has 0 amide bonds. The molecular weight excluding hydrogens is 274 g/mol. The van der Waals surface area contributed by atoms with Crippen molar-refractivity contribution in [2.45, 2.75) is 13.0 Å². The van der Waals surface area contributed by atoms with E-state index in [-0.39, 0.29) is 24.2 Å². The molecule has 0 bridgehead atoms. The molecule has 1 atom stereocenters. The Morgan fingerprint density at radius 3 is 2.84 bits per heavy atom. The lowest BCUT2D eigenvalue weighted by molar-refractivity contribution is -0.118. The van der Waals surface area contributed by atoms with Crippen LogP contribution in [0.2, 0.25) is 0 Å². The van der Waals surface area contributed by atoms with Crippen molar-refractivity contribution < 1.29 is 13.6 Å². The standard InChI is InChI=1S/C13H16F2N2O.ClH/c1-9(18)8-17-5-4-16-7-13(17)11-3-2-10(14)6-12(11)15;/h2-3,6,13,16H,4-5,7-8H2,1H3;1H. The van der Waals surface area contributed by atoms with Gasteiger partial charge in [0.1, 0.15) is 17.4 Å². The fourth-order valence-corrected chi connectivity index (χ4v) is 2.30. The van der Waals surface area contributed by atoms with Crippen LogP contribution in [0.1, 0.15) is 18.5 Å². The van der Waals surface area contributed by atoms with Gasteiger partial charge in [0.25, 0.3) is 0 Å². The normalized spacial score (nSPS) is 19.8. The average molecular weight is 291 g/mol. The molecule has 3 nitrogen and oxygen atoms in total. The van der Waals surface area contributed by atoms with Crippen molar-refractivity contribution in [3.05, 3.63) is 35.4 Å². The molecule has 1 aliphatic heterocycles. The number of carbonyl (C=O) groups is 1. The molecule has 0 saturated carbocycles. The molecule has 1 aromatic rings. The zero-order valence-corrected chi connectivity index (χ0v) is 11.5. The van der Waals surface area contributed by atoms with Crippen LogP contribution in [0, 0.1) is 11.6 Å². The largest absolute Gasteiger partial charge is 0.314 e. The predicted molar refractivity (Wildman–Crippen MR) is 71.5 cm³/mol. The van der Waals surface area contributed by atoms with Crippen LogP contribution >= 0.6 is 12.4 Å². The van der Waals surface area contributed by atoms with Crippen LogP contribution in [0.4, 0.5) is 8.78 Å². The molecular formula is C13H17ClF2N2O. The van der Waals surface area contributed by atoms with Gasteiger partial charge in [-0.25, -0.2) is 8.78 Å². The van der Waals surface area contributed by atoms with Gasteiger partial charge in [-0.05, 0) is 13.0 Å². The van der Waals surface area contributed by atoms with Gasteiger partial charge in [-0.3, -0.25) is 9.69 Å². The molecule has 1 unspecified atom stereocenters. The third-order valence-electron chi connectivity index (χ3n) is 3.10. The predicted octanol–water partition coefficient (Wildman–Crippen LogP) is 1.92. The molecule has 2 rings (SSSR count). The Kier molecular flexibility index (Phi) is 5.85. The minimum Gasteiger partial charge on any atom is -0.314 e. The molecule has 1 fully saturated rings. The highest BCUT2D eigenvalue weighted by Crippen LogP contribution is 2.25. The first-order valence-electron chi connectivity index (χ1n) is 5.97. The smallest absolute Gasteiger partial charge is 0.143 e. The first kappa shape index (κ1) is 16.0. The Hall–Kier alpha value is -1.04. The Bertz CT molecular complexity index is 456. The lowest BCUT2D eigenvalue weighted by Crippen LogP contribution is -2.47. The molecule has 0 aliphatic carbocycles. The van der Waals surface area contributed by atoms with Gasteiger partial charge in [0, 0.05) is 31.3 Å². The van der Waals surface area contributed by atoms with Crippen LogP contribution in [0.5, 0.6) is 0 Å². The number of nitrogens with zero attached hydrogens (tertiary/aromatic N) is 1. The summed E-state index contributed by atoms with van der Waals surface area (Å²) in [7, 11) is 0. The number of benzene rings is 1. The highest BCUT2D eigenvalue weighted by atomic mass is 35.5. The summed E-state index contributed by atoms with van der Waals surface area (Å²) >= 11 is 0. The zero-order valence-electron chi connectivity index (χ0n) is 10.7. The quantitative estimate of drug-likeness (QED) is 0.923. The second kappa shape index (κ2) is 6.93. The van der Waals surface area contributed by atoms with E-state index in [2.05, 4.69) is 5.32 Å². The molecule has 1 saturated heterocycles. The Balaban J connectivity index is 0.00000180. The molecule has 1 N–H and O–H groups in total. The molecule has 0 spiro atoms. The van der Waals surface area contributed by atoms with Crippen molar-refractivity contribution in [2.75, 3.05) is 26.2 Å². The average Bonchev–Trinajstić information content (AvgIpc) is 2.30. The highest BCUT2D eigenvalue weighted by molar-refractivity contribution is 5.85. The van der Waals surface area contributed by atoms with E-state index in [4.69, 9.17) is 0 Å². The number of Topliss-reactive ketones (excluding diaryl/α,β-unsaturated/α-hetero) is 1. The second-order valence-corrected chi connectivity index (χ2v) is 4.56. The van der Waals surface area contributed by atoms with Gasteiger partial charge >= 0.3 is 0 Å². The topological polar surface area (TPSA) is 32.3 Å². The van der Waals surface area contributed by atoms with Crippen molar-refractivity contribution in [1.82, 2.24) is 10.2 Å². The lowest BCUT2D eigenvalue weighted by atomic mass is 10.0. The van der Waals surface area contributed by atoms with Crippen molar-refractivity contribution in [3.63, 3.8) is 0 Å². The van der Waals surface area contributed by atoms with Crippen LogP contribution in [-0.4, -0.2) is 36.9 Å². The summed E-state index contributed by atoms with van der Waals surface area (Å²) in [6.07, 6.45) is 0. The molecule has 1 heterocycles. The molecule has 1 aliphatic rings. The van der Waals surface area contributed by atoms with E-state index in [9.17, 15) is 13.6 Å². The third-order valence-corrected chi connectivity index (χ3v) is 3.10. The van der Waals surface area contributed by atoms with Gasteiger partial charge in [-0.1, -0.05) is 6.07 Å². The summed E-state index contributed by atoms with van der Waals surface area (Å²) in [5.41, 5.74) is 0.435. The number of halogens is 3. The number of hydrogen-bond donors (Lipinski definition) is 1. The molecule has 106 valence electrons. The van der Waals surface area contributed by atoms with Gasteiger partial charge < -0.3 is 5.32 Å². The first-order chi connectivity index (χ1) is 8.58. The summed E-state index contributed by atoms with van der Waals surface area (Å²) in [6, 6.07) is 3.37. The van der Waals surface area contributed by atoms with Crippen LogP contribution in [0.25, 0.3) is 0 Å². The van der Waals surface area contributed by atoms with Gasteiger partial charge in [-0.2, -0.15) is 0 Å². The fraction of sp³-hybridized carbons (Fsp3) is 0.462. The molecule has 0 radical (unpaired) electrons. The van der Waals surface area contributed by atoms with E-state index >= 15 is 0 Å². The van der Waals surface area contributed by atoms with Gasteiger partial charge in [0.05, 0.1) is 12.6 Å². The summed E-state index contributed by atoms with van der Waals surface area (Å²) in [5, 5.41) is 3.16. The van der Waals surface area contributed by atoms with Gasteiger partial charge in [0.2, 0.25) is 0 Å². The van der Waals surface area contributed by atoms with Crippen LogP contribution in [0.3, 0.4) is 0 Å². The highest BCUT2D eigenvalue weighted by Gasteiger charge is 2.26. The number of rotatable bonds is 3. The van der Waals surface area contributed by atoms with Crippen molar-refractivity contribution >= 4 is 18.2 Å². The van der Waals surface area contributed by atoms with E-state index in [0.717, 1.165) is 12.6 Å². The maximum atomic E-state index is 13.8. The summed E-state index contributed by atoms with van der Waals surface area (Å²) in [6.45, 7) is 3.83. The Morgan fingerprint density at radius 2 is 2.21 bits per heavy atom. The van der Waals surface area contributed by atoms with E-state index < -0.39 is 11.6 Å². The van der Waals surface area contributed by atoms with Crippen LogP contribution < -0.4 is 5.32 Å². The maximum Gasteiger partial charge on any atom is 0.143 e. The number of piperazine rings is 1. The minimum atomic E-state index is -0.585. The molecule has 1 aromatic carbocycles. The van der Waals surface area contributed by atoms with Crippen LogP contribution in [-0.2, 0) is 4.79 Å². The summed E-state index contributed by atoms with van der Waals surface area (Å²) in [5.74, 6) is -1.10. The summed E-state index contributed by atoms with van der Waals surface area (Å²) < 4.78 is 26.7. The van der Waals surface area contributed by atoms with Crippen molar-refractivity contribution in [1.29, 1.82) is 0 Å². The number of ketones is 1. The third kappa shape index (κ3) is 3.96. The van der Waals surface area contributed by atoms with E-state index in [1.54, 1.807) is 0 Å². The first-order valence-corrected chi connectivity index (χ1v) is 5.97. The molecule has 6 heteroatoms. The van der Waals surface area contributed by atoms with Gasteiger partial charge in [-0.15, -0.1) is 12.4 Å².